The van der Waals surface area contributed by atoms with Gasteiger partial charge in [-0.25, -0.2) is 23.4 Å². The van der Waals surface area contributed by atoms with Gasteiger partial charge in [0.25, 0.3) is 0 Å². The van der Waals surface area contributed by atoms with Crippen molar-refractivity contribution in [2.45, 2.75) is 19.0 Å². The first-order chi connectivity index (χ1) is 12.2. The summed E-state index contributed by atoms with van der Waals surface area (Å²) >= 11 is 0. The summed E-state index contributed by atoms with van der Waals surface area (Å²) in [5.41, 5.74) is 2.72. The summed E-state index contributed by atoms with van der Waals surface area (Å²) in [4.78, 5) is 15.2. The number of halogens is 3. The number of H-pyrrole nitrogens is 1. The van der Waals surface area contributed by atoms with Gasteiger partial charge in [0.2, 0.25) is 10.0 Å². The third kappa shape index (κ3) is 4.48. The first-order valence-corrected chi connectivity index (χ1v) is 9.20. The fourth-order valence-corrected chi connectivity index (χ4v) is 3.49. The summed E-state index contributed by atoms with van der Waals surface area (Å²) in [5, 5.41) is 0. The van der Waals surface area contributed by atoms with E-state index in [-0.39, 0.29) is 5.69 Å². The van der Waals surface area contributed by atoms with Crippen LogP contribution in [0.4, 0.5) is 18.9 Å². The van der Waals surface area contributed by atoms with Crippen molar-refractivity contribution in [2.24, 2.45) is 0 Å². The highest BCUT2D eigenvalue weighted by Crippen LogP contribution is 2.25. The number of nitrogens with one attached hydrogen (secondary N) is 2. The number of fused-ring (bicyclic) bond motifs is 1. The van der Waals surface area contributed by atoms with Crippen molar-refractivity contribution in [3.63, 3.8) is 0 Å². The van der Waals surface area contributed by atoms with Crippen LogP contribution in [0.2, 0.25) is 0 Å². The molecule has 0 unspecified atom stereocenters. The molecule has 0 aliphatic carbocycles. The van der Waals surface area contributed by atoms with Gasteiger partial charge in [0, 0.05) is 17.7 Å². The maximum absolute atomic E-state index is 12.1. The van der Waals surface area contributed by atoms with Crippen molar-refractivity contribution < 1.29 is 21.6 Å². The predicted molar refractivity (Wildman–Crippen MR) is 89.8 cm³/mol. The molecule has 0 amide bonds. The van der Waals surface area contributed by atoms with Gasteiger partial charge in [-0.3, -0.25) is 4.72 Å². The maximum atomic E-state index is 12.1. The molecular weight excluding hydrogens is 371 g/mol. The molecule has 26 heavy (non-hydrogen) atoms. The summed E-state index contributed by atoms with van der Waals surface area (Å²) < 4.78 is 62.4. The molecule has 3 aromatic rings. The molecule has 2 heterocycles. The lowest BCUT2D eigenvalue weighted by Gasteiger charge is -2.10. The van der Waals surface area contributed by atoms with E-state index < -0.39 is 34.8 Å². The topological polar surface area (TPSA) is 101 Å². The van der Waals surface area contributed by atoms with E-state index in [0.29, 0.717) is 22.4 Å². The second-order valence-electron chi connectivity index (χ2n) is 5.54. The highest BCUT2D eigenvalue weighted by molar-refractivity contribution is 7.92. The van der Waals surface area contributed by atoms with E-state index in [1.165, 1.54) is 24.8 Å². The van der Waals surface area contributed by atoms with Gasteiger partial charge in [0.05, 0.1) is 17.8 Å². The van der Waals surface area contributed by atoms with Crippen LogP contribution < -0.4 is 4.72 Å². The molecule has 3 rings (SSSR count). The molecule has 0 saturated carbocycles. The zero-order chi connectivity index (χ0) is 18.8. The Morgan fingerprint density at radius 1 is 1.08 bits per heavy atom. The molecule has 7 nitrogen and oxygen atoms in total. The van der Waals surface area contributed by atoms with Crippen molar-refractivity contribution in [2.75, 3.05) is 10.5 Å². The van der Waals surface area contributed by atoms with Crippen LogP contribution in [0, 0.1) is 0 Å². The number of alkyl halides is 3. The fourth-order valence-electron chi connectivity index (χ4n) is 2.37. The Balaban J connectivity index is 1.71. The Morgan fingerprint density at radius 2 is 1.81 bits per heavy atom. The zero-order valence-electron chi connectivity index (χ0n) is 13.3. The molecule has 0 aliphatic heterocycles. The van der Waals surface area contributed by atoms with E-state index in [2.05, 4.69) is 24.7 Å². The first kappa shape index (κ1) is 18.1. The van der Waals surface area contributed by atoms with Gasteiger partial charge >= 0.3 is 6.18 Å². The van der Waals surface area contributed by atoms with E-state index in [0.717, 1.165) is 0 Å². The highest BCUT2D eigenvalue weighted by atomic mass is 32.2. The monoisotopic (exact) mass is 385 g/mol. The molecule has 11 heteroatoms. The fraction of sp³-hybridized carbons (Fsp3) is 0.267. The summed E-state index contributed by atoms with van der Waals surface area (Å²) in [6, 6.07) is 6.33. The number of sulfonamides is 1. The number of nitrogens with zero attached hydrogens (tertiary/aromatic N) is 3. The molecule has 2 N–H and O–H groups in total. The SMILES string of the molecule is O=S(=O)(CCCC(F)(F)F)Nc1ccc(-c2ncnc3nc[nH]c23)cc1. The number of rotatable bonds is 6. The van der Waals surface area contributed by atoms with Crippen molar-refractivity contribution in [3.05, 3.63) is 36.9 Å². The molecular formula is C15H14F3N5O2S. The number of hydrogen-bond acceptors (Lipinski definition) is 5. The maximum Gasteiger partial charge on any atom is 0.389 e. The number of imidazole rings is 1. The van der Waals surface area contributed by atoms with E-state index >= 15 is 0 Å². The lowest BCUT2D eigenvalue weighted by Crippen LogP contribution is -2.18. The third-order valence-corrected chi connectivity index (χ3v) is 4.90. The quantitative estimate of drug-likeness (QED) is 0.679. The van der Waals surface area contributed by atoms with E-state index in [4.69, 9.17) is 0 Å². The van der Waals surface area contributed by atoms with Crippen molar-refractivity contribution in [3.8, 4) is 11.3 Å². The minimum atomic E-state index is -4.37. The van der Waals surface area contributed by atoms with Gasteiger partial charge in [-0.2, -0.15) is 13.2 Å². The smallest absolute Gasteiger partial charge is 0.341 e. The Kier molecular flexibility index (Phi) is 4.81. The molecule has 2 aromatic heterocycles. The van der Waals surface area contributed by atoms with Crippen LogP contribution in [0.3, 0.4) is 0 Å². The van der Waals surface area contributed by atoms with Crippen LogP contribution in [-0.4, -0.2) is 40.3 Å². The molecule has 138 valence electrons. The lowest BCUT2D eigenvalue weighted by molar-refractivity contribution is -0.134. The van der Waals surface area contributed by atoms with E-state index in [1.54, 1.807) is 12.1 Å². The minimum Gasteiger partial charge on any atom is -0.341 e. The van der Waals surface area contributed by atoms with Gasteiger partial charge in [0.1, 0.15) is 11.8 Å². The Morgan fingerprint density at radius 3 is 2.50 bits per heavy atom. The number of benzene rings is 1. The van der Waals surface area contributed by atoms with Crippen molar-refractivity contribution >= 4 is 26.9 Å². The van der Waals surface area contributed by atoms with Gasteiger partial charge in [0.15, 0.2) is 5.65 Å². The van der Waals surface area contributed by atoms with Gasteiger partial charge < -0.3 is 4.98 Å². The molecule has 0 saturated heterocycles. The average Bonchev–Trinajstić information content (AvgIpc) is 3.02. The Hall–Kier alpha value is -2.69. The lowest BCUT2D eigenvalue weighted by atomic mass is 10.1. The van der Waals surface area contributed by atoms with Crippen LogP contribution in [-0.2, 0) is 10.0 Å². The van der Waals surface area contributed by atoms with Crippen molar-refractivity contribution in [1.29, 1.82) is 0 Å². The molecule has 0 fully saturated rings. The predicted octanol–water partition coefficient (Wildman–Crippen LogP) is 3.10. The summed E-state index contributed by atoms with van der Waals surface area (Å²) in [5.74, 6) is -0.602. The second kappa shape index (κ2) is 6.90. The largest absolute Gasteiger partial charge is 0.389 e. The number of anilines is 1. The molecule has 0 bridgehead atoms. The Bertz CT molecular complexity index is 1000. The Labute approximate surface area is 146 Å². The molecule has 0 atom stereocenters. The van der Waals surface area contributed by atoms with Gasteiger partial charge in [-0.1, -0.05) is 12.1 Å². The summed E-state index contributed by atoms with van der Waals surface area (Å²) in [6.45, 7) is 0. The molecule has 0 radical (unpaired) electrons. The summed E-state index contributed by atoms with van der Waals surface area (Å²) in [6.07, 6.45) is -3.13. The molecule has 1 aromatic carbocycles. The van der Waals surface area contributed by atoms with Crippen LogP contribution in [0.25, 0.3) is 22.4 Å². The van der Waals surface area contributed by atoms with Crippen LogP contribution >= 0.6 is 0 Å². The van der Waals surface area contributed by atoms with Crippen molar-refractivity contribution in [1.82, 2.24) is 19.9 Å². The van der Waals surface area contributed by atoms with Crippen LogP contribution in [0.1, 0.15) is 12.8 Å². The minimum absolute atomic E-state index is 0.260. The normalized spacial score (nSPS) is 12.4. The van der Waals surface area contributed by atoms with Crippen LogP contribution in [0.5, 0.6) is 0 Å². The zero-order valence-corrected chi connectivity index (χ0v) is 14.1. The first-order valence-electron chi connectivity index (χ1n) is 7.55. The summed E-state index contributed by atoms with van der Waals surface area (Å²) in [7, 11) is -3.85. The second-order valence-corrected chi connectivity index (χ2v) is 7.38. The van der Waals surface area contributed by atoms with E-state index in [9.17, 15) is 21.6 Å². The average molecular weight is 385 g/mol. The highest BCUT2D eigenvalue weighted by Gasteiger charge is 2.27. The number of aromatic nitrogens is 4. The number of hydrogen-bond donors (Lipinski definition) is 2. The standard InChI is InChI=1S/C15H14F3N5O2S/c16-15(17,18)6-1-7-26(24,25)23-11-4-2-10(3-5-11)12-13-14(21-8-19-12)22-9-20-13/h2-5,8-9,23H,1,6-7H2,(H,19,20,21,22). The molecule has 0 spiro atoms. The number of aromatic amines is 1. The molecule has 0 aliphatic rings. The third-order valence-electron chi connectivity index (χ3n) is 3.53. The van der Waals surface area contributed by atoms with E-state index in [1.807, 2.05) is 0 Å². The van der Waals surface area contributed by atoms with Gasteiger partial charge in [-0.05, 0) is 18.6 Å². The van der Waals surface area contributed by atoms with Gasteiger partial charge in [-0.15, -0.1) is 0 Å². The van der Waals surface area contributed by atoms with Crippen LogP contribution in [0.15, 0.2) is 36.9 Å².